The van der Waals surface area contributed by atoms with Crippen molar-refractivity contribution in [1.82, 2.24) is 9.47 Å². The fourth-order valence-corrected chi connectivity index (χ4v) is 5.33. The number of hydrogen-bond acceptors (Lipinski definition) is 4. The van der Waals surface area contributed by atoms with Crippen LogP contribution < -0.4 is 0 Å². The van der Waals surface area contributed by atoms with E-state index in [4.69, 9.17) is 31.6 Å². The van der Waals surface area contributed by atoms with Gasteiger partial charge in [0.2, 0.25) is 0 Å². The van der Waals surface area contributed by atoms with Crippen LogP contribution in [0.1, 0.15) is 6.04 Å². The Kier molecular flexibility index (Phi) is 4.29. The second kappa shape index (κ2) is 6.60. The number of nitrogens with zero attached hydrogens (tertiary/aromatic N) is 2. The van der Waals surface area contributed by atoms with Crippen LogP contribution in [0.25, 0.3) is 21.8 Å². The van der Waals surface area contributed by atoms with Crippen molar-refractivity contribution in [3.05, 3.63) is 46.4 Å². The number of rotatable bonds is 1. The number of carboxylic acid groups (broad SMARTS) is 1. The van der Waals surface area contributed by atoms with Gasteiger partial charge in [0.15, 0.2) is 0 Å². The summed E-state index contributed by atoms with van der Waals surface area (Å²) in [5.74, 6) is 0. The molecule has 0 aliphatic carbocycles. The maximum Gasteiger partial charge on any atom is 0.407 e. The highest BCUT2D eigenvalue weighted by Crippen LogP contribution is 2.40. The number of aromatic nitrogens is 1. The van der Waals surface area contributed by atoms with Crippen LogP contribution in [0.3, 0.4) is 0 Å². The number of likely N-dealkylation sites (tertiary alicyclic amines) is 1. The average molecular weight is 441 g/mol. The highest BCUT2D eigenvalue weighted by Gasteiger charge is 2.48. The smallest absolute Gasteiger partial charge is 0.407 e. The molecule has 7 nitrogen and oxygen atoms in total. The van der Waals surface area contributed by atoms with Gasteiger partial charge in [-0.25, -0.2) is 4.79 Å². The molecule has 4 unspecified atom stereocenters. The zero-order valence-electron chi connectivity index (χ0n) is 14.2. The van der Waals surface area contributed by atoms with Crippen LogP contribution in [0.15, 0.2) is 36.4 Å². The molecule has 1 aromatic heterocycles. The Bertz CT molecular complexity index is 1090. The van der Waals surface area contributed by atoms with Gasteiger partial charge in [0.25, 0.3) is 0 Å². The quantitative estimate of drug-likeness (QED) is 0.618. The third kappa shape index (κ3) is 2.79. The van der Waals surface area contributed by atoms with Gasteiger partial charge in [0.05, 0.1) is 12.6 Å². The molecule has 2 aliphatic rings. The topological polar surface area (TPSA) is 81.0 Å². The molecule has 28 heavy (non-hydrogen) atoms. The molecule has 10 heteroatoms. The predicted octanol–water partition coefficient (Wildman–Crippen LogP) is 4.00. The van der Waals surface area contributed by atoms with Crippen molar-refractivity contribution in [2.24, 2.45) is 0 Å². The summed E-state index contributed by atoms with van der Waals surface area (Å²) in [6.07, 6.45) is -2.21. The molecular formula is C18H14Cl2N2O5S. The first-order chi connectivity index (χ1) is 13.4. The first-order valence-electron chi connectivity index (χ1n) is 8.55. The Morgan fingerprint density at radius 2 is 1.64 bits per heavy atom. The van der Waals surface area contributed by atoms with Crippen molar-refractivity contribution in [2.75, 3.05) is 13.1 Å². The molecule has 0 saturated carbocycles. The van der Waals surface area contributed by atoms with Crippen molar-refractivity contribution in [3.63, 3.8) is 0 Å². The maximum absolute atomic E-state index is 11.9. The fraction of sp³-hybridized carbons (Fsp3) is 0.278. The molecule has 1 N–H and O–H groups in total. The normalized spacial score (nSPS) is 27.4. The SMILES string of the molecule is O=C(O)N1CC2OS(=O)OC2C(n2c3ccc(Cl)cc3c3cc(Cl)ccc32)C1. The number of hydrogen-bond donors (Lipinski definition) is 1. The maximum atomic E-state index is 11.9. The average Bonchev–Trinajstić information content (AvgIpc) is 3.17. The monoisotopic (exact) mass is 440 g/mol. The summed E-state index contributed by atoms with van der Waals surface area (Å²) < 4.78 is 24.7. The lowest BCUT2D eigenvalue weighted by Gasteiger charge is -2.37. The van der Waals surface area contributed by atoms with Crippen LogP contribution >= 0.6 is 23.2 Å². The van der Waals surface area contributed by atoms with Crippen LogP contribution in [0, 0.1) is 0 Å². The molecule has 3 heterocycles. The fourth-order valence-electron chi connectivity index (χ4n) is 4.14. The van der Waals surface area contributed by atoms with Gasteiger partial charge in [-0.15, -0.1) is 0 Å². The molecule has 4 atom stereocenters. The van der Waals surface area contributed by atoms with E-state index in [1.165, 1.54) is 4.90 Å². The number of halogens is 2. The van der Waals surface area contributed by atoms with Gasteiger partial charge in [0, 0.05) is 38.4 Å². The molecule has 1 amide bonds. The standard InChI is InChI=1S/C18H14Cl2N2O5S/c19-9-1-3-13-11(5-9)12-6-10(20)2-4-14(12)22(13)15-7-21(18(23)24)8-16-17(15)27-28(25)26-16/h1-6,15-17H,7-8H2,(H,23,24). The molecule has 2 fully saturated rings. The Balaban J connectivity index is 1.76. The first-order valence-corrected chi connectivity index (χ1v) is 10.3. The zero-order valence-corrected chi connectivity index (χ0v) is 16.6. The number of carbonyl (C=O) groups is 1. The number of piperidine rings is 1. The Hall–Kier alpha value is -1.84. The third-order valence-corrected chi connectivity index (χ3v) is 6.53. The van der Waals surface area contributed by atoms with Crippen molar-refractivity contribution >= 4 is 62.5 Å². The van der Waals surface area contributed by atoms with Crippen molar-refractivity contribution in [2.45, 2.75) is 18.2 Å². The van der Waals surface area contributed by atoms with E-state index in [1.807, 2.05) is 28.8 Å². The summed E-state index contributed by atoms with van der Waals surface area (Å²) in [4.78, 5) is 12.9. The number of amides is 1. The molecule has 2 aromatic carbocycles. The Labute approximate surface area is 172 Å². The Morgan fingerprint density at radius 3 is 2.21 bits per heavy atom. The summed E-state index contributed by atoms with van der Waals surface area (Å²) in [5.41, 5.74) is 1.72. The highest BCUT2D eigenvalue weighted by molar-refractivity contribution is 7.75. The minimum atomic E-state index is -1.90. The summed E-state index contributed by atoms with van der Waals surface area (Å²) in [6, 6.07) is 10.6. The second-order valence-electron chi connectivity index (χ2n) is 6.85. The minimum Gasteiger partial charge on any atom is -0.465 e. The first kappa shape index (κ1) is 18.2. The molecule has 2 aliphatic heterocycles. The van der Waals surface area contributed by atoms with E-state index in [2.05, 4.69) is 0 Å². The molecule has 5 rings (SSSR count). The lowest BCUT2D eigenvalue weighted by molar-refractivity contribution is 0.0192. The summed E-state index contributed by atoms with van der Waals surface area (Å²) >= 11 is 10.5. The molecule has 0 spiro atoms. The van der Waals surface area contributed by atoms with Crippen molar-refractivity contribution in [1.29, 1.82) is 0 Å². The summed E-state index contributed by atoms with van der Waals surface area (Å²) in [6.45, 7) is 0.290. The van der Waals surface area contributed by atoms with E-state index in [0.717, 1.165) is 21.8 Å². The number of benzene rings is 2. The van der Waals surface area contributed by atoms with Gasteiger partial charge in [-0.05, 0) is 36.4 Å². The van der Waals surface area contributed by atoms with Gasteiger partial charge in [0.1, 0.15) is 12.2 Å². The molecule has 146 valence electrons. The van der Waals surface area contributed by atoms with Gasteiger partial charge in [-0.3, -0.25) is 8.37 Å². The van der Waals surface area contributed by atoms with Gasteiger partial charge in [-0.2, -0.15) is 4.21 Å². The zero-order chi connectivity index (χ0) is 19.6. The number of fused-ring (bicyclic) bond motifs is 4. The highest BCUT2D eigenvalue weighted by atomic mass is 35.5. The van der Waals surface area contributed by atoms with E-state index >= 15 is 0 Å². The van der Waals surface area contributed by atoms with E-state index < -0.39 is 35.7 Å². The van der Waals surface area contributed by atoms with E-state index in [0.29, 0.717) is 10.0 Å². The summed E-state index contributed by atoms with van der Waals surface area (Å²) in [7, 11) is 0. The van der Waals surface area contributed by atoms with E-state index in [1.54, 1.807) is 12.1 Å². The molecule has 0 radical (unpaired) electrons. The minimum absolute atomic E-state index is 0.108. The van der Waals surface area contributed by atoms with Gasteiger partial charge in [-0.1, -0.05) is 23.2 Å². The lowest BCUT2D eigenvalue weighted by Crippen LogP contribution is -2.53. The molecular weight excluding hydrogens is 427 g/mol. The van der Waals surface area contributed by atoms with Gasteiger partial charge >= 0.3 is 17.5 Å². The van der Waals surface area contributed by atoms with Gasteiger partial charge < -0.3 is 14.6 Å². The van der Waals surface area contributed by atoms with E-state index in [-0.39, 0.29) is 13.1 Å². The van der Waals surface area contributed by atoms with Crippen molar-refractivity contribution in [3.8, 4) is 0 Å². The van der Waals surface area contributed by atoms with Crippen molar-refractivity contribution < 1.29 is 22.5 Å². The Morgan fingerprint density at radius 1 is 1.04 bits per heavy atom. The van der Waals surface area contributed by atoms with E-state index in [9.17, 15) is 14.1 Å². The van der Waals surface area contributed by atoms with Crippen LogP contribution in [0.5, 0.6) is 0 Å². The summed E-state index contributed by atoms with van der Waals surface area (Å²) in [5, 5.41) is 12.5. The molecule has 2 saturated heterocycles. The van der Waals surface area contributed by atoms with Crippen LogP contribution in [-0.4, -0.2) is 50.2 Å². The van der Waals surface area contributed by atoms with Crippen LogP contribution in [0.4, 0.5) is 4.79 Å². The van der Waals surface area contributed by atoms with Crippen LogP contribution in [0.2, 0.25) is 10.0 Å². The van der Waals surface area contributed by atoms with Crippen LogP contribution in [-0.2, 0) is 19.7 Å². The lowest BCUT2D eigenvalue weighted by atomic mass is 9.99. The largest absolute Gasteiger partial charge is 0.465 e. The predicted molar refractivity (Wildman–Crippen MR) is 106 cm³/mol. The second-order valence-corrected chi connectivity index (χ2v) is 8.51. The molecule has 3 aromatic rings. The third-order valence-electron chi connectivity index (χ3n) is 5.27. The molecule has 0 bridgehead atoms.